The summed E-state index contributed by atoms with van der Waals surface area (Å²) in [6, 6.07) is 7.41. The molecule has 1 aliphatic rings. The number of alkyl halides is 3. The van der Waals surface area contributed by atoms with Crippen molar-refractivity contribution in [1.29, 1.82) is 0 Å². The first-order valence-corrected chi connectivity index (χ1v) is 12.9. The molecule has 3 aromatic rings. The fraction of sp³-hybridized carbons (Fsp3) is 0.333. The minimum atomic E-state index is -4.60. The number of hydrogen-bond acceptors (Lipinski definition) is 6. The number of ether oxygens (including phenoxy) is 1. The molecule has 204 valence electrons. The summed E-state index contributed by atoms with van der Waals surface area (Å²) >= 11 is 0. The van der Waals surface area contributed by atoms with Gasteiger partial charge in [-0.05, 0) is 36.6 Å². The van der Waals surface area contributed by atoms with Gasteiger partial charge in [-0.1, -0.05) is 17.3 Å². The third-order valence-corrected chi connectivity index (χ3v) is 7.68. The number of aromatic nitrogens is 1. The second-order valence-electron chi connectivity index (χ2n) is 8.59. The molecule has 2 heterocycles. The van der Waals surface area contributed by atoms with E-state index in [9.17, 15) is 26.4 Å². The van der Waals surface area contributed by atoms with Crippen LogP contribution in [-0.4, -0.2) is 50.0 Å². The lowest BCUT2D eigenvalue weighted by molar-refractivity contribution is -0.137. The monoisotopic (exact) mass is 556 g/mol. The van der Waals surface area contributed by atoms with E-state index in [0.717, 1.165) is 18.2 Å². The smallest absolute Gasteiger partial charge is 0.416 e. The zero-order valence-electron chi connectivity index (χ0n) is 20.3. The number of hydrogen-bond donors (Lipinski definition) is 1. The predicted molar refractivity (Wildman–Crippen MR) is 130 cm³/mol. The van der Waals surface area contributed by atoms with Gasteiger partial charge in [0.25, 0.3) is 0 Å². The quantitative estimate of drug-likeness (QED) is 0.424. The van der Waals surface area contributed by atoms with Crippen molar-refractivity contribution >= 4 is 27.6 Å². The number of nitrogens with one attached hydrogen (secondary N) is 1. The van der Waals surface area contributed by atoms with Crippen molar-refractivity contribution in [3.05, 3.63) is 60.1 Å². The molecule has 1 amide bonds. The third kappa shape index (κ3) is 5.75. The number of halogens is 4. The molecule has 1 aromatic heterocycles. The van der Waals surface area contributed by atoms with E-state index >= 15 is 4.39 Å². The van der Waals surface area contributed by atoms with Crippen molar-refractivity contribution in [2.24, 2.45) is 0 Å². The predicted octanol–water partition coefficient (Wildman–Crippen LogP) is 4.68. The van der Waals surface area contributed by atoms with E-state index in [2.05, 4.69) is 14.4 Å². The number of rotatable bonds is 7. The molecule has 0 saturated carbocycles. The summed E-state index contributed by atoms with van der Waals surface area (Å²) < 4.78 is 93.6. The molecular weight excluding hydrogens is 532 g/mol. The van der Waals surface area contributed by atoms with E-state index in [1.54, 1.807) is 0 Å². The zero-order chi connectivity index (χ0) is 27.7. The topological polar surface area (TPSA) is 105 Å². The van der Waals surface area contributed by atoms with Gasteiger partial charge in [-0.15, -0.1) is 0 Å². The highest BCUT2D eigenvalue weighted by molar-refractivity contribution is 7.90. The van der Waals surface area contributed by atoms with Crippen LogP contribution in [0.3, 0.4) is 0 Å². The molecule has 1 fully saturated rings. The van der Waals surface area contributed by atoms with Crippen LogP contribution in [-0.2, 0) is 21.2 Å². The number of nitrogens with zero attached hydrogens (tertiary/aromatic N) is 3. The second kappa shape index (κ2) is 10.6. The Bertz CT molecular complexity index is 1410. The molecule has 4 rings (SSSR count). The van der Waals surface area contributed by atoms with Crippen molar-refractivity contribution in [3.63, 3.8) is 0 Å². The summed E-state index contributed by atoms with van der Waals surface area (Å²) in [6.45, 7) is 1.41. The molecule has 2 aromatic carbocycles. The molecule has 9 nitrogen and oxygen atoms in total. The van der Waals surface area contributed by atoms with Crippen LogP contribution in [0, 0.1) is 5.82 Å². The molecular formula is C24H24F4N4O5S. The second-order valence-corrected chi connectivity index (χ2v) is 10.3. The van der Waals surface area contributed by atoms with E-state index in [0.29, 0.717) is 0 Å². The van der Waals surface area contributed by atoms with Crippen LogP contribution in [0.1, 0.15) is 25.3 Å². The number of piperidine rings is 1. The molecule has 1 saturated heterocycles. The molecule has 14 heteroatoms. The summed E-state index contributed by atoms with van der Waals surface area (Å²) in [7, 11) is -2.62. The Morgan fingerprint density at radius 3 is 2.47 bits per heavy atom. The van der Waals surface area contributed by atoms with Gasteiger partial charge in [0.05, 0.1) is 18.4 Å². The van der Waals surface area contributed by atoms with Crippen LogP contribution in [0.15, 0.2) is 53.3 Å². The molecule has 1 aliphatic heterocycles. The highest BCUT2D eigenvalue weighted by atomic mass is 32.2. The minimum absolute atomic E-state index is 0.00493. The number of carbonyl (C=O) groups excluding carboxylic acids is 1. The number of amides is 1. The Kier molecular flexibility index (Phi) is 7.65. The summed E-state index contributed by atoms with van der Waals surface area (Å²) in [5.41, 5.74) is -0.965. The molecule has 0 unspecified atom stereocenters. The third-order valence-electron chi connectivity index (χ3n) is 6.17. The first-order chi connectivity index (χ1) is 17.9. The SMILES string of the molecule is COc1cc(-c2cccc(C(F)(F)F)c2)c(F)cc1N(C(C)=O)C1CCN(S(=O)(=O)Nc2ccon2)CC1. The lowest BCUT2D eigenvalue weighted by atomic mass is 9.99. The first-order valence-electron chi connectivity index (χ1n) is 11.4. The molecule has 38 heavy (non-hydrogen) atoms. The average Bonchev–Trinajstić information content (AvgIpc) is 3.36. The van der Waals surface area contributed by atoms with Crippen molar-refractivity contribution in [3.8, 4) is 16.9 Å². The zero-order valence-corrected chi connectivity index (χ0v) is 21.1. The maximum absolute atomic E-state index is 15.3. The number of anilines is 2. The van der Waals surface area contributed by atoms with Gasteiger partial charge in [0.1, 0.15) is 17.8 Å². The fourth-order valence-electron chi connectivity index (χ4n) is 4.40. The Morgan fingerprint density at radius 2 is 1.89 bits per heavy atom. The van der Waals surface area contributed by atoms with Crippen LogP contribution in [0.25, 0.3) is 11.1 Å². The number of methoxy groups -OCH3 is 1. The van der Waals surface area contributed by atoms with Gasteiger partial charge < -0.3 is 14.2 Å². The normalized spacial score (nSPS) is 15.3. The van der Waals surface area contributed by atoms with Crippen LogP contribution >= 0.6 is 0 Å². The van der Waals surface area contributed by atoms with Gasteiger partial charge in [-0.25, -0.2) is 4.39 Å². The highest BCUT2D eigenvalue weighted by Gasteiger charge is 2.35. The largest absolute Gasteiger partial charge is 0.495 e. The van der Waals surface area contributed by atoms with Gasteiger partial charge in [-0.2, -0.15) is 25.9 Å². The van der Waals surface area contributed by atoms with E-state index in [1.807, 2.05) is 0 Å². The molecule has 0 radical (unpaired) electrons. The average molecular weight is 557 g/mol. The van der Waals surface area contributed by atoms with Gasteiger partial charge in [0, 0.05) is 43.8 Å². The van der Waals surface area contributed by atoms with E-state index in [-0.39, 0.29) is 54.3 Å². The van der Waals surface area contributed by atoms with Crippen molar-refractivity contribution in [2.75, 3.05) is 29.8 Å². The van der Waals surface area contributed by atoms with E-state index < -0.39 is 39.7 Å². The lowest BCUT2D eigenvalue weighted by Crippen LogP contribution is -2.49. The summed E-state index contributed by atoms with van der Waals surface area (Å²) in [5, 5.41) is 3.53. The fourth-order valence-corrected chi connectivity index (χ4v) is 5.60. The Balaban J connectivity index is 1.59. The molecule has 0 aliphatic carbocycles. The highest BCUT2D eigenvalue weighted by Crippen LogP contribution is 2.39. The van der Waals surface area contributed by atoms with Crippen molar-refractivity contribution < 1.29 is 40.0 Å². The first kappa shape index (κ1) is 27.4. The molecule has 0 bridgehead atoms. The molecule has 0 atom stereocenters. The van der Waals surface area contributed by atoms with Crippen molar-refractivity contribution in [2.45, 2.75) is 32.0 Å². The minimum Gasteiger partial charge on any atom is -0.495 e. The number of carbonyl (C=O) groups is 1. The van der Waals surface area contributed by atoms with E-state index in [4.69, 9.17) is 4.74 Å². The Labute approximate surface area is 216 Å². The Hall–Kier alpha value is -3.65. The summed E-state index contributed by atoms with van der Waals surface area (Å²) in [5.74, 6) is -1.17. The van der Waals surface area contributed by atoms with Crippen LogP contribution in [0.4, 0.5) is 29.1 Å². The van der Waals surface area contributed by atoms with Crippen LogP contribution < -0.4 is 14.4 Å². The molecule has 1 N–H and O–H groups in total. The van der Waals surface area contributed by atoms with Crippen LogP contribution in [0.2, 0.25) is 0 Å². The number of benzene rings is 2. The van der Waals surface area contributed by atoms with Crippen molar-refractivity contribution in [1.82, 2.24) is 9.46 Å². The maximum Gasteiger partial charge on any atom is 0.416 e. The van der Waals surface area contributed by atoms with E-state index in [1.165, 1.54) is 53.8 Å². The summed E-state index contributed by atoms with van der Waals surface area (Å²) in [6.07, 6.45) is -2.91. The lowest BCUT2D eigenvalue weighted by Gasteiger charge is -2.38. The van der Waals surface area contributed by atoms with Gasteiger partial charge in [0.2, 0.25) is 5.91 Å². The van der Waals surface area contributed by atoms with Crippen LogP contribution in [0.5, 0.6) is 5.75 Å². The molecule has 0 spiro atoms. The Morgan fingerprint density at radius 1 is 1.18 bits per heavy atom. The standard InChI is InChI=1S/C24H24F4N4O5S/c1-15(33)32(18-6-9-31(10-7-18)38(34,35)30-23-8-11-37-29-23)21-14-20(25)19(13-22(21)36-2)16-4-3-5-17(12-16)24(26,27)28/h3-5,8,11-14,18H,6-7,9-10H2,1-2H3,(H,29,30). The van der Waals surface area contributed by atoms with Gasteiger partial charge >= 0.3 is 16.4 Å². The van der Waals surface area contributed by atoms with Gasteiger partial charge in [-0.3, -0.25) is 9.52 Å². The maximum atomic E-state index is 15.3. The summed E-state index contributed by atoms with van der Waals surface area (Å²) in [4.78, 5) is 14.0. The van der Waals surface area contributed by atoms with Gasteiger partial charge in [0.15, 0.2) is 5.82 Å².